The Labute approximate surface area is 154 Å². The summed E-state index contributed by atoms with van der Waals surface area (Å²) >= 11 is 0. The fourth-order valence-corrected chi connectivity index (χ4v) is 2.64. The van der Waals surface area contributed by atoms with Crippen LogP contribution in [0.1, 0.15) is 36.2 Å². The molecular weight excluding hydrogens is 324 g/mol. The second kappa shape index (κ2) is 7.95. The molecule has 0 atom stereocenters. The molecule has 0 saturated heterocycles. The largest absolute Gasteiger partial charge is 0.350 e. The number of carbonyl (C=O) groups is 1. The van der Waals surface area contributed by atoms with Crippen LogP contribution >= 0.6 is 0 Å². The maximum Gasteiger partial charge on any atom is 0.250 e. The SMILES string of the molecule is Cc1ccc(-c2nc(NCc3ccccc3)n(C(=O)CC(C)C)n2)cc1. The van der Waals surface area contributed by atoms with Crippen LogP contribution in [0.5, 0.6) is 0 Å². The summed E-state index contributed by atoms with van der Waals surface area (Å²) in [6.07, 6.45) is 0.427. The van der Waals surface area contributed by atoms with Crippen molar-refractivity contribution in [1.82, 2.24) is 14.8 Å². The van der Waals surface area contributed by atoms with Crippen LogP contribution in [0.4, 0.5) is 5.95 Å². The molecule has 2 aromatic carbocycles. The van der Waals surface area contributed by atoms with E-state index in [4.69, 9.17) is 0 Å². The average Bonchev–Trinajstić information content (AvgIpc) is 3.05. The minimum absolute atomic E-state index is 0.0542. The Morgan fingerprint density at radius 1 is 1.08 bits per heavy atom. The van der Waals surface area contributed by atoms with Crippen LogP contribution in [0.25, 0.3) is 11.4 Å². The maximum absolute atomic E-state index is 12.6. The zero-order chi connectivity index (χ0) is 18.5. The number of aromatic nitrogens is 3. The van der Waals surface area contributed by atoms with Gasteiger partial charge in [-0.2, -0.15) is 9.67 Å². The van der Waals surface area contributed by atoms with Gasteiger partial charge in [-0.25, -0.2) is 0 Å². The summed E-state index contributed by atoms with van der Waals surface area (Å²) in [5.41, 5.74) is 3.19. The predicted octanol–water partition coefficient (Wildman–Crippen LogP) is 4.55. The lowest BCUT2D eigenvalue weighted by Crippen LogP contribution is -2.18. The first-order chi connectivity index (χ1) is 12.5. The maximum atomic E-state index is 12.6. The molecule has 0 fully saturated rings. The summed E-state index contributed by atoms with van der Waals surface area (Å²) < 4.78 is 1.40. The summed E-state index contributed by atoms with van der Waals surface area (Å²) in [6, 6.07) is 18.0. The smallest absolute Gasteiger partial charge is 0.250 e. The Hall–Kier alpha value is -2.95. The second-order valence-corrected chi connectivity index (χ2v) is 6.87. The molecule has 5 nitrogen and oxygen atoms in total. The first-order valence-electron chi connectivity index (χ1n) is 8.88. The topological polar surface area (TPSA) is 59.8 Å². The van der Waals surface area contributed by atoms with E-state index in [0.717, 1.165) is 11.1 Å². The van der Waals surface area contributed by atoms with Crippen molar-refractivity contribution < 1.29 is 4.79 Å². The van der Waals surface area contributed by atoms with E-state index in [1.54, 1.807) is 0 Å². The van der Waals surface area contributed by atoms with Crippen molar-refractivity contribution in [2.75, 3.05) is 5.32 Å². The molecule has 0 unspecified atom stereocenters. The van der Waals surface area contributed by atoms with Gasteiger partial charge in [0.2, 0.25) is 11.9 Å². The second-order valence-electron chi connectivity index (χ2n) is 6.87. The Kier molecular flexibility index (Phi) is 5.46. The third-order valence-corrected chi connectivity index (χ3v) is 4.03. The van der Waals surface area contributed by atoms with Gasteiger partial charge in [0.15, 0.2) is 5.82 Å². The molecule has 0 amide bonds. The highest BCUT2D eigenvalue weighted by molar-refractivity contribution is 5.81. The van der Waals surface area contributed by atoms with Gasteiger partial charge in [0, 0.05) is 18.5 Å². The van der Waals surface area contributed by atoms with E-state index >= 15 is 0 Å². The van der Waals surface area contributed by atoms with Gasteiger partial charge in [-0.3, -0.25) is 4.79 Å². The van der Waals surface area contributed by atoms with Gasteiger partial charge in [0.05, 0.1) is 0 Å². The van der Waals surface area contributed by atoms with Crippen molar-refractivity contribution in [3.05, 3.63) is 65.7 Å². The molecule has 3 rings (SSSR count). The fraction of sp³-hybridized carbons (Fsp3) is 0.286. The molecular formula is C21H24N4O. The molecule has 0 aliphatic heterocycles. The van der Waals surface area contributed by atoms with Gasteiger partial charge in [0.1, 0.15) is 0 Å². The molecule has 3 aromatic rings. The number of aryl methyl sites for hydroxylation is 1. The van der Waals surface area contributed by atoms with Crippen molar-refractivity contribution in [1.29, 1.82) is 0 Å². The minimum Gasteiger partial charge on any atom is -0.350 e. The van der Waals surface area contributed by atoms with E-state index in [1.807, 2.05) is 75.4 Å². The minimum atomic E-state index is -0.0542. The molecule has 1 heterocycles. The van der Waals surface area contributed by atoms with E-state index in [-0.39, 0.29) is 11.8 Å². The van der Waals surface area contributed by atoms with Crippen LogP contribution in [-0.4, -0.2) is 20.7 Å². The van der Waals surface area contributed by atoms with Crippen molar-refractivity contribution in [2.45, 2.75) is 33.7 Å². The number of rotatable bonds is 6. The molecule has 0 radical (unpaired) electrons. The van der Waals surface area contributed by atoms with Crippen LogP contribution in [0, 0.1) is 12.8 Å². The van der Waals surface area contributed by atoms with E-state index in [9.17, 15) is 4.79 Å². The lowest BCUT2D eigenvalue weighted by atomic mass is 10.1. The number of nitrogens with zero attached hydrogens (tertiary/aromatic N) is 3. The van der Waals surface area contributed by atoms with Crippen LogP contribution in [0.3, 0.4) is 0 Å². The van der Waals surface area contributed by atoms with Gasteiger partial charge in [-0.05, 0) is 18.4 Å². The third-order valence-electron chi connectivity index (χ3n) is 4.03. The van der Waals surface area contributed by atoms with Gasteiger partial charge in [-0.1, -0.05) is 74.0 Å². The van der Waals surface area contributed by atoms with Gasteiger partial charge in [0.25, 0.3) is 0 Å². The summed E-state index contributed by atoms with van der Waals surface area (Å²) in [4.78, 5) is 17.2. The number of nitrogens with one attached hydrogen (secondary N) is 1. The summed E-state index contributed by atoms with van der Waals surface area (Å²) in [5, 5.41) is 7.72. The zero-order valence-corrected chi connectivity index (χ0v) is 15.4. The molecule has 0 aliphatic carbocycles. The first kappa shape index (κ1) is 17.9. The summed E-state index contributed by atoms with van der Waals surface area (Å²) in [7, 11) is 0. The molecule has 0 saturated carbocycles. The number of anilines is 1. The van der Waals surface area contributed by atoms with Crippen molar-refractivity contribution in [2.24, 2.45) is 5.92 Å². The molecule has 1 N–H and O–H groups in total. The van der Waals surface area contributed by atoms with E-state index in [2.05, 4.69) is 15.4 Å². The number of hydrogen-bond acceptors (Lipinski definition) is 4. The Bertz CT molecular complexity index is 867. The first-order valence-corrected chi connectivity index (χ1v) is 8.88. The van der Waals surface area contributed by atoms with Crippen molar-refractivity contribution in [3.8, 4) is 11.4 Å². The molecule has 0 spiro atoms. The highest BCUT2D eigenvalue weighted by Crippen LogP contribution is 2.20. The third kappa shape index (κ3) is 4.36. The lowest BCUT2D eigenvalue weighted by Gasteiger charge is -2.08. The van der Waals surface area contributed by atoms with E-state index in [0.29, 0.717) is 24.7 Å². The monoisotopic (exact) mass is 348 g/mol. The van der Waals surface area contributed by atoms with E-state index < -0.39 is 0 Å². The van der Waals surface area contributed by atoms with Gasteiger partial charge >= 0.3 is 0 Å². The summed E-state index contributed by atoms with van der Waals surface area (Å²) in [6.45, 7) is 6.66. The summed E-state index contributed by atoms with van der Waals surface area (Å²) in [5.74, 6) is 1.24. The number of benzene rings is 2. The van der Waals surface area contributed by atoms with Crippen LogP contribution in [0.15, 0.2) is 54.6 Å². The molecule has 0 bridgehead atoms. The molecule has 1 aromatic heterocycles. The molecule has 134 valence electrons. The zero-order valence-electron chi connectivity index (χ0n) is 15.4. The quantitative estimate of drug-likeness (QED) is 0.710. The molecule has 5 heteroatoms. The van der Waals surface area contributed by atoms with Crippen LogP contribution < -0.4 is 5.32 Å². The van der Waals surface area contributed by atoms with Gasteiger partial charge in [-0.15, -0.1) is 5.10 Å². The Morgan fingerprint density at radius 3 is 2.42 bits per heavy atom. The Balaban J connectivity index is 1.89. The fourth-order valence-electron chi connectivity index (χ4n) is 2.64. The normalized spacial score (nSPS) is 10.9. The molecule has 26 heavy (non-hydrogen) atoms. The Morgan fingerprint density at radius 2 is 1.77 bits per heavy atom. The van der Waals surface area contributed by atoms with E-state index in [1.165, 1.54) is 10.2 Å². The van der Waals surface area contributed by atoms with Crippen LogP contribution in [-0.2, 0) is 6.54 Å². The van der Waals surface area contributed by atoms with Crippen molar-refractivity contribution >= 4 is 11.9 Å². The highest BCUT2D eigenvalue weighted by Gasteiger charge is 2.18. The van der Waals surface area contributed by atoms with Crippen molar-refractivity contribution in [3.63, 3.8) is 0 Å². The standard InChI is InChI=1S/C21H24N4O/c1-15(2)13-19(26)25-21(22-14-17-7-5-4-6-8-17)23-20(24-25)18-11-9-16(3)10-12-18/h4-12,15H,13-14H2,1-3H3,(H,22,23,24). The predicted molar refractivity (Wildman–Crippen MR) is 104 cm³/mol. The highest BCUT2D eigenvalue weighted by atomic mass is 16.2. The number of carbonyl (C=O) groups excluding carboxylic acids is 1. The average molecular weight is 348 g/mol. The number of hydrogen-bond donors (Lipinski definition) is 1. The van der Waals surface area contributed by atoms with Crippen LogP contribution in [0.2, 0.25) is 0 Å². The van der Waals surface area contributed by atoms with Gasteiger partial charge < -0.3 is 5.32 Å². The molecule has 0 aliphatic rings. The lowest BCUT2D eigenvalue weighted by molar-refractivity contribution is 0.0873.